The van der Waals surface area contributed by atoms with Crippen LogP contribution >= 0.6 is 11.8 Å². The van der Waals surface area contributed by atoms with Crippen molar-refractivity contribution in [3.8, 4) is 0 Å². The SMILES string of the molecule is CC(CN)CSCC1CCCCO1. The van der Waals surface area contributed by atoms with E-state index in [1.807, 2.05) is 11.8 Å². The normalized spacial score (nSPS) is 25.8. The second kappa shape index (κ2) is 6.68. The van der Waals surface area contributed by atoms with Crippen molar-refractivity contribution in [2.75, 3.05) is 24.7 Å². The van der Waals surface area contributed by atoms with Crippen molar-refractivity contribution < 1.29 is 4.74 Å². The summed E-state index contributed by atoms with van der Waals surface area (Å²) in [6, 6.07) is 0. The van der Waals surface area contributed by atoms with E-state index in [9.17, 15) is 0 Å². The van der Waals surface area contributed by atoms with Gasteiger partial charge in [-0.15, -0.1) is 0 Å². The maximum atomic E-state index is 5.64. The van der Waals surface area contributed by atoms with Gasteiger partial charge in [0.2, 0.25) is 0 Å². The van der Waals surface area contributed by atoms with Crippen molar-refractivity contribution in [2.45, 2.75) is 32.3 Å². The number of nitrogens with two attached hydrogens (primary N) is 1. The van der Waals surface area contributed by atoms with E-state index in [-0.39, 0.29) is 0 Å². The average Bonchev–Trinajstić information content (AvgIpc) is 2.19. The molecule has 0 aromatic carbocycles. The Hall–Kier alpha value is 0.270. The number of rotatable bonds is 5. The lowest BCUT2D eigenvalue weighted by Gasteiger charge is -2.22. The monoisotopic (exact) mass is 203 g/mol. The summed E-state index contributed by atoms with van der Waals surface area (Å²) in [6.07, 6.45) is 4.37. The molecule has 13 heavy (non-hydrogen) atoms. The molecule has 2 N–H and O–H groups in total. The first-order valence-corrected chi connectivity index (χ1v) is 6.38. The molecule has 0 aromatic heterocycles. The van der Waals surface area contributed by atoms with Crippen molar-refractivity contribution >= 4 is 11.8 Å². The minimum Gasteiger partial charge on any atom is -0.377 e. The van der Waals surface area contributed by atoms with Gasteiger partial charge in [-0.25, -0.2) is 0 Å². The molecule has 0 radical (unpaired) electrons. The number of hydrogen-bond acceptors (Lipinski definition) is 3. The van der Waals surface area contributed by atoms with Gasteiger partial charge in [0.05, 0.1) is 6.10 Å². The Morgan fingerprint density at radius 1 is 1.54 bits per heavy atom. The third-order valence-electron chi connectivity index (χ3n) is 2.38. The Balaban J connectivity index is 1.98. The molecular formula is C10H21NOS. The van der Waals surface area contributed by atoms with Crippen LogP contribution in [0, 0.1) is 5.92 Å². The van der Waals surface area contributed by atoms with E-state index in [0.717, 1.165) is 18.9 Å². The molecule has 1 heterocycles. The molecule has 2 atom stereocenters. The molecular weight excluding hydrogens is 182 g/mol. The average molecular weight is 203 g/mol. The third-order valence-corrected chi connectivity index (χ3v) is 3.79. The highest BCUT2D eigenvalue weighted by Gasteiger charge is 2.13. The summed E-state index contributed by atoms with van der Waals surface area (Å²) in [4.78, 5) is 0. The molecule has 0 spiro atoms. The molecule has 2 nitrogen and oxygen atoms in total. The van der Waals surface area contributed by atoms with E-state index in [1.54, 1.807) is 0 Å². The summed E-state index contributed by atoms with van der Waals surface area (Å²) in [5, 5.41) is 0. The molecule has 0 amide bonds. The number of hydrogen-bond donors (Lipinski definition) is 1. The third kappa shape index (κ3) is 4.89. The van der Waals surface area contributed by atoms with E-state index in [0.29, 0.717) is 12.0 Å². The fraction of sp³-hybridized carbons (Fsp3) is 1.00. The predicted molar refractivity (Wildman–Crippen MR) is 59.1 cm³/mol. The van der Waals surface area contributed by atoms with Gasteiger partial charge in [0, 0.05) is 12.4 Å². The van der Waals surface area contributed by atoms with Gasteiger partial charge >= 0.3 is 0 Å². The van der Waals surface area contributed by atoms with Gasteiger partial charge in [-0.2, -0.15) is 11.8 Å². The highest BCUT2D eigenvalue weighted by molar-refractivity contribution is 7.99. The fourth-order valence-corrected chi connectivity index (χ4v) is 2.61. The molecule has 1 aliphatic heterocycles. The lowest BCUT2D eigenvalue weighted by Crippen LogP contribution is -2.22. The summed E-state index contributed by atoms with van der Waals surface area (Å²) in [5.74, 6) is 2.98. The minimum absolute atomic E-state index is 0.517. The molecule has 0 saturated carbocycles. The van der Waals surface area contributed by atoms with Crippen molar-refractivity contribution in [2.24, 2.45) is 11.7 Å². The Kier molecular flexibility index (Phi) is 5.83. The van der Waals surface area contributed by atoms with Crippen molar-refractivity contribution in [3.63, 3.8) is 0 Å². The zero-order valence-corrected chi connectivity index (χ0v) is 9.31. The van der Waals surface area contributed by atoms with Gasteiger partial charge in [0.25, 0.3) is 0 Å². The van der Waals surface area contributed by atoms with E-state index in [2.05, 4.69) is 6.92 Å². The van der Waals surface area contributed by atoms with Crippen molar-refractivity contribution in [1.29, 1.82) is 0 Å². The zero-order chi connectivity index (χ0) is 9.52. The summed E-state index contributed by atoms with van der Waals surface area (Å²) >= 11 is 1.99. The smallest absolute Gasteiger partial charge is 0.0665 e. The van der Waals surface area contributed by atoms with Crippen LogP contribution in [0.1, 0.15) is 26.2 Å². The summed E-state index contributed by atoms with van der Waals surface area (Å²) < 4.78 is 5.64. The minimum atomic E-state index is 0.517. The predicted octanol–water partition coefficient (Wildman–Crippen LogP) is 1.88. The Bertz CT molecular complexity index is 126. The molecule has 1 saturated heterocycles. The topological polar surface area (TPSA) is 35.2 Å². The van der Waals surface area contributed by atoms with Crippen LogP contribution in [-0.2, 0) is 4.74 Å². The van der Waals surface area contributed by atoms with E-state index >= 15 is 0 Å². The molecule has 2 unspecified atom stereocenters. The summed E-state index contributed by atoms with van der Waals surface area (Å²) in [7, 11) is 0. The van der Waals surface area contributed by atoms with Crippen LogP contribution in [-0.4, -0.2) is 30.8 Å². The second-order valence-corrected chi connectivity index (χ2v) is 4.94. The molecule has 0 bridgehead atoms. The van der Waals surface area contributed by atoms with Crippen LogP contribution in [0.15, 0.2) is 0 Å². The van der Waals surface area contributed by atoms with Crippen LogP contribution in [0.4, 0.5) is 0 Å². The molecule has 1 fully saturated rings. The summed E-state index contributed by atoms with van der Waals surface area (Å²) in [5.41, 5.74) is 5.55. The molecule has 0 aromatic rings. The van der Waals surface area contributed by atoms with E-state index in [4.69, 9.17) is 10.5 Å². The highest BCUT2D eigenvalue weighted by atomic mass is 32.2. The van der Waals surface area contributed by atoms with E-state index in [1.165, 1.54) is 25.0 Å². The van der Waals surface area contributed by atoms with Gasteiger partial charge in [0.15, 0.2) is 0 Å². The second-order valence-electron chi connectivity index (χ2n) is 3.87. The van der Waals surface area contributed by atoms with Crippen LogP contribution in [0.5, 0.6) is 0 Å². The molecule has 1 aliphatic rings. The van der Waals surface area contributed by atoms with Gasteiger partial charge in [-0.05, 0) is 37.5 Å². The van der Waals surface area contributed by atoms with Gasteiger partial charge in [-0.3, -0.25) is 0 Å². The first kappa shape index (κ1) is 11.3. The lowest BCUT2D eigenvalue weighted by atomic mass is 10.1. The maximum absolute atomic E-state index is 5.64. The standard InChI is InChI=1S/C10H21NOS/c1-9(6-11)7-13-8-10-4-2-3-5-12-10/h9-10H,2-8,11H2,1H3. The van der Waals surface area contributed by atoms with E-state index < -0.39 is 0 Å². The first-order chi connectivity index (χ1) is 6.33. The quantitative estimate of drug-likeness (QED) is 0.741. The number of thioether (sulfide) groups is 1. The Morgan fingerprint density at radius 2 is 2.38 bits per heavy atom. The first-order valence-electron chi connectivity index (χ1n) is 5.22. The highest BCUT2D eigenvalue weighted by Crippen LogP contribution is 2.18. The van der Waals surface area contributed by atoms with Gasteiger partial charge in [0.1, 0.15) is 0 Å². The molecule has 78 valence electrons. The Labute approximate surface area is 85.6 Å². The van der Waals surface area contributed by atoms with Crippen LogP contribution in [0.25, 0.3) is 0 Å². The van der Waals surface area contributed by atoms with Crippen LogP contribution < -0.4 is 5.73 Å². The van der Waals surface area contributed by atoms with Gasteiger partial charge in [-0.1, -0.05) is 6.92 Å². The van der Waals surface area contributed by atoms with Crippen LogP contribution in [0.3, 0.4) is 0 Å². The fourth-order valence-electron chi connectivity index (χ4n) is 1.41. The van der Waals surface area contributed by atoms with Gasteiger partial charge < -0.3 is 10.5 Å². The summed E-state index contributed by atoms with van der Waals surface area (Å²) in [6.45, 7) is 3.98. The van der Waals surface area contributed by atoms with Crippen molar-refractivity contribution in [1.82, 2.24) is 0 Å². The van der Waals surface area contributed by atoms with Crippen LogP contribution in [0.2, 0.25) is 0 Å². The Morgan fingerprint density at radius 3 is 3.00 bits per heavy atom. The lowest BCUT2D eigenvalue weighted by molar-refractivity contribution is 0.0315. The molecule has 3 heteroatoms. The molecule has 1 rings (SSSR count). The molecule has 0 aliphatic carbocycles. The zero-order valence-electron chi connectivity index (χ0n) is 8.50. The number of ether oxygens (including phenoxy) is 1. The largest absolute Gasteiger partial charge is 0.377 e. The maximum Gasteiger partial charge on any atom is 0.0665 e. The van der Waals surface area contributed by atoms with Crippen molar-refractivity contribution in [3.05, 3.63) is 0 Å².